The standard InChI is InChI=1S/C26H29ClF3N5O4S/c1-3-39-25(38)21-19(12-35-11-15(9-26(29,30)14-35)10-34(2)13-20(36)37)32-23(24-31-6-7-40-24)33-22(21)17-5-4-16(28)8-18(17)27/h4-8,15,22H,3,9-14H2,1-2H3,(H,32,33)(H,36,37). The van der Waals surface area contributed by atoms with Crippen LogP contribution in [0.5, 0.6) is 0 Å². The zero-order valence-corrected chi connectivity index (χ0v) is 23.4. The Morgan fingerprint density at radius 1 is 1.38 bits per heavy atom. The van der Waals surface area contributed by atoms with Crippen molar-refractivity contribution in [3.8, 4) is 0 Å². The lowest BCUT2D eigenvalue weighted by molar-refractivity contribution is -0.139. The molecule has 1 aromatic heterocycles. The molecule has 1 fully saturated rings. The van der Waals surface area contributed by atoms with Crippen LogP contribution >= 0.6 is 22.9 Å². The lowest BCUT2D eigenvalue weighted by Crippen LogP contribution is -2.51. The van der Waals surface area contributed by atoms with Crippen LogP contribution in [0, 0.1) is 11.7 Å². The van der Waals surface area contributed by atoms with Crippen molar-refractivity contribution in [2.24, 2.45) is 10.9 Å². The number of amidine groups is 1. The minimum Gasteiger partial charge on any atom is -0.480 e. The van der Waals surface area contributed by atoms with Gasteiger partial charge in [0, 0.05) is 53.9 Å². The summed E-state index contributed by atoms with van der Waals surface area (Å²) in [7, 11) is 1.57. The van der Waals surface area contributed by atoms with E-state index in [2.05, 4.69) is 15.3 Å². The van der Waals surface area contributed by atoms with Crippen LogP contribution in [0.25, 0.3) is 0 Å². The molecule has 2 atom stereocenters. The van der Waals surface area contributed by atoms with Crippen LogP contribution in [0.1, 0.15) is 30.0 Å². The van der Waals surface area contributed by atoms with Crippen LogP contribution in [-0.2, 0) is 14.3 Å². The number of aromatic nitrogens is 1. The number of halogens is 4. The summed E-state index contributed by atoms with van der Waals surface area (Å²) in [5.74, 6) is -5.56. The molecule has 0 amide bonds. The molecule has 40 heavy (non-hydrogen) atoms. The summed E-state index contributed by atoms with van der Waals surface area (Å²) in [6.45, 7) is 1.20. The number of aliphatic carboxylic acids is 1. The summed E-state index contributed by atoms with van der Waals surface area (Å²) >= 11 is 7.68. The number of aliphatic imine (C=N–C) groups is 1. The van der Waals surface area contributed by atoms with E-state index in [-0.39, 0.29) is 49.8 Å². The largest absolute Gasteiger partial charge is 0.480 e. The van der Waals surface area contributed by atoms with Crippen molar-refractivity contribution in [2.75, 3.05) is 46.4 Å². The molecule has 2 N–H and O–H groups in total. The van der Waals surface area contributed by atoms with Crippen molar-refractivity contribution in [3.63, 3.8) is 0 Å². The van der Waals surface area contributed by atoms with E-state index >= 15 is 0 Å². The molecular formula is C26H29ClF3N5O4S. The van der Waals surface area contributed by atoms with E-state index in [1.165, 1.54) is 33.3 Å². The fourth-order valence-electron chi connectivity index (χ4n) is 5.08. The second kappa shape index (κ2) is 12.7. The smallest absolute Gasteiger partial charge is 0.338 e. The number of carbonyl (C=O) groups is 2. The monoisotopic (exact) mass is 599 g/mol. The Kier molecular flexibility index (Phi) is 9.49. The van der Waals surface area contributed by atoms with Crippen molar-refractivity contribution < 1.29 is 32.6 Å². The zero-order valence-electron chi connectivity index (χ0n) is 21.9. The quantitative estimate of drug-likeness (QED) is 0.397. The average Bonchev–Trinajstić information content (AvgIpc) is 3.37. The van der Waals surface area contributed by atoms with Crippen LogP contribution < -0.4 is 5.32 Å². The van der Waals surface area contributed by atoms with E-state index in [0.717, 1.165) is 6.07 Å². The number of esters is 1. The highest BCUT2D eigenvalue weighted by Gasteiger charge is 2.42. The van der Waals surface area contributed by atoms with Gasteiger partial charge in [-0.05, 0) is 32.0 Å². The molecule has 9 nitrogen and oxygen atoms in total. The lowest BCUT2D eigenvalue weighted by Gasteiger charge is -2.40. The maximum absolute atomic E-state index is 14.9. The number of thiazole rings is 1. The molecule has 3 heterocycles. The maximum atomic E-state index is 14.9. The highest BCUT2D eigenvalue weighted by Crippen LogP contribution is 2.38. The number of carbonyl (C=O) groups excluding carboxylic acids is 1. The second-order valence-corrected chi connectivity index (χ2v) is 11.1. The molecule has 0 bridgehead atoms. The Hall–Kier alpha value is -3.00. The lowest BCUT2D eigenvalue weighted by atomic mass is 9.92. The minimum atomic E-state index is -3.03. The maximum Gasteiger partial charge on any atom is 0.338 e. The Morgan fingerprint density at radius 3 is 2.80 bits per heavy atom. The number of benzene rings is 1. The van der Waals surface area contributed by atoms with E-state index < -0.39 is 42.2 Å². The number of nitrogens with one attached hydrogen (secondary N) is 1. The molecular weight excluding hydrogens is 571 g/mol. The molecule has 0 spiro atoms. The molecule has 0 radical (unpaired) electrons. The predicted octanol–water partition coefficient (Wildman–Crippen LogP) is 3.82. The highest BCUT2D eigenvalue weighted by atomic mass is 35.5. The topological polar surface area (TPSA) is 107 Å². The number of rotatable bonds is 10. The molecule has 2 aromatic rings. The first-order valence-electron chi connectivity index (χ1n) is 12.6. The third-order valence-corrected chi connectivity index (χ3v) is 7.54. The fourth-order valence-corrected chi connectivity index (χ4v) is 5.94. The second-order valence-electron chi connectivity index (χ2n) is 9.81. The number of hydrogen-bond donors (Lipinski definition) is 2. The molecule has 216 valence electrons. The van der Waals surface area contributed by atoms with Crippen molar-refractivity contribution in [1.82, 2.24) is 20.1 Å². The van der Waals surface area contributed by atoms with Crippen LogP contribution in [0.4, 0.5) is 13.2 Å². The van der Waals surface area contributed by atoms with Gasteiger partial charge in [-0.2, -0.15) is 0 Å². The number of ether oxygens (including phenoxy) is 1. The number of hydrogen-bond acceptors (Lipinski definition) is 9. The molecule has 2 aliphatic heterocycles. The summed E-state index contributed by atoms with van der Waals surface area (Å²) in [5, 5.41) is 14.5. The van der Waals surface area contributed by atoms with Gasteiger partial charge in [0.2, 0.25) is 0 Å². The van der Waals surface area contributed by atoms with Gasteiger partial charge in [0.1, 0.15) is 11.9 Å². The van der Waals surface area contributed by atoms with Crippen molar-refractivity contribution >= 4 is 40.7 Å². The van der Waals surface area contributed by atoms with Crippen molar-refractivity contribution in [2.45, 2.75) is 25.3 Å². The predicted molar refractivity (Wildman–Crippen MR) is 144 cm³/mol. The fraction of sp³-hybridized carbons (Fsp3) is 0.462. The van der Waals surface area contributed by atoms with E-state index in [1.807, 2.05) is 0 Å². The van der Waals surface area contributed by atoms with E-state index in [1.54, 1.807) is 25.5 Å². The zero-order chi connectivity index (χ0) is 29.0. The normalized spacial score (nSPS) is 21.2. The molecule has 14 heteroatoms. The molecule has 1 saturated heterocycles. The number of carboxylic acids is 1. The van der Waals surface area contributed by atoms with Crippen LogP contribution in [0.15, 0.2) is 46.0 Å². The first-order valence-corrected chi connectivity index (χ1v) is 13.8. The summed E-state index contributed by atoms with van der Waals surface area (Å²) in [5.41, 5.74) is 0.708. The van der Waals surface area contributed by atoms with Crippen molar-refractivity contribution in [3.05, 3.63) is 62.5 Å². The van der Waals surface area contributed by atoms with E-state index in [4.69, 9.17) is 21.4 Å². The Labute approximate surface area is 238 Å². The van der Waals surface area contributed by atoms with Gasteiger partial charge in [-0.25, -0.2) is 22.9 Å². The molecule has 0 aliphatic carbocycles. The van der Waals surface area contributed by atoms with Crippen LogP contribution in [0.2, 0.25) is 5.02 Å². The van der Waals surface area contributed by atoms with Crippen LogP contribution in [-0.4, -0.2) is 90.0 Å². The molecule has 0 saturated carbocycles. The van der Waals surface area contributed by atoms with E-state index in [9.17, 15) is 22.8 Å². The van der Waals surface area contributed by atoms with Gasteiger partial charge in [-0.3, -0.25) is 19.6 Å². The van der Waals surface area contributed by atoms with Gasteiger partial charge in [-0.1, -0.05) is 17.7 Å². The van der Waals surface area contributed by atoms with Gasteiger partial charge in [0.25, 0.3) is 5.92 Å². The summed E-state index contributed by atoms with van der Waals surface area (Å²) in [4.78, 5) is 36.4. The molecule has 2 unspecified atom stereocenters. The number of alkyl halides is 2. The van der Waals surface area contributed by atoms with Crippen molar-refractivity contribution in [1.29, 1.82) is 0 Å². The van der Waals surface area contributed by atoms with Gasteiger partial charge in [0.15, 0.2) is 10.8 Å². The number of carboxylic acid groups (broad SMARTS) is 1. The number of piperidine rings is 1. The van der Waals surface area contributed by atoms with Gasteiger partial charge in [0.05, 0.1) is 25.3 Å². The first-order chi connectivity index (χ1) is 19.0. The van der Waals surface area contributed by atoms with E-state index in [0.29, 0.717) is 22.1 Å². The molecule has 4 rings (SSSR count). The number of nitrogens with zero attached hydrogens (tertiary/aromatic N) is 4. The Morgan fingerprint density at radius 2 is 2.15 bits per heavy atom. The third kappa shape index (κ3) is 7.39. The van der Waals surface area contributed by atoms with Gasteiger partial charge < -0.3 is 15.2 Å². The number of likely N-dealkylation sites (tertiary alicyclic amines) is 1. The number of likely N-dealkylation sites (N-methyl/N-ethyl adjacent to an activating group) is 1. The minimum absolute atomic E-state index is 0.0429. The molecule has 1 aromatic carbocycles. The Bertz CT molecular complexity index is 1310. The summed E-state index contributed by atoms with van der Waals surface area (Å²) in [6, 6.07) is 2.73. The SMILES string of the molecule is CCOC(=O)C1=C(CN2CC(CN(C)CC(=O)O)CC(F)(F)C2)NC(c2nccs2)=NC1c1ccc(F)cc1Cl. The van der Waals surface area contributed by atoms with Crippen LogP contribution in [0.3, 0.4) is 0 Å². The summed E-state index contributed by atoms with van der Waals surface area (Å²) < 4.78 is 49.0. The Balaban J connectivity index is 1.73. The van der Waals surface area contributed by atoms with Gasteiger partial charge in [-0.15, -0.1) is 11.3 Å². The molecule has 2 aliphatic rings. The third-order valence-electron chi connectivity index (χ3n) is 6.43. The summed E-state index contributed by atoms with van der Waals surface area (Å²) in [6.07, 6.45) is 1.20. The average molecular weight is 600 g/mol. The van der Waals surface area contributed by atoms with Gasteiger partial charge >= 0.3 is 11.9 Å². The highest BCUT2D eigenvalue weighted by molar-refractivity contribution is 7.11. The first kappa shape index (κ1) is 30.0.